The molecule has 2 aromatic rings. The first-order chi connectivity index (χ1) is 10.2. The molecule has 3 rings (SSSR count). The number of halogens is 1. The first-order valence-corrected chi connectivity index (χ1v) is 6.62. The first kappa shape index (κ1) is 13.5. The molecular weight excluding hydrogens is 290 g/mol. The van der Waals surface area contributed by atoms with Gasteiger partial charge in [0.25, 0.3) is 11.8 Å². The minimum absolute atomic E-state index is 0.102. The molecule has 0 aliphatic carbocycles. The summed E-state index contributed by atoms with van der Waals surface area (Å²) < 4.78 is 0. The van der Waals surface area contributed by atoms with Crippen LogP contribution in [0.1, 0.15) is 11.3 Å². The fourth-order valence-electron chi connectivity index (χ4n) is 2.12. The van der Waals surface area contributed by atoms with Gasteiger partial charge >= 0.3 is 0 Å². The van der Waals surface area contributed by atoms with E-state index in [1.54, 1.807) is 6.07 Å². The second kappa shape index (κ2) is 5.46. The van der Waals surface area contributed by atoms with Crippen molar-refractivity contribution in [3.63, 3.8) is 0 Å². The molecule has 0 bridgehead atoms. The van der Waals surface area contributed by atoms with E-state index in [9.17, 15) is 9.59 Å². The van der Waals surface area contributed by atoms with Crippen molar-refractivity contribution in [2.24, 2.45) is 0 Å². The van der Waals surface area contributed by atoms with Crippen LogP contribution < -0.4 is 0 Å². The van der Waals surface area contributed by atoms with E-state index in [0.29, 0.717) is 5.69 Å². The zero-order valence-electron chi connectivity index (χ0n) is 10.9. The number of aromatic nitrogens is 2. The standard InChI is InChI=1S/C15H10ClN3O2/c16-13-12(11-6-7-17-9-18-11)14(20)19(15(13)21)8-10-4-2-1-3-5-10/h1-7,9H,8H2. The highest BCUT2D eigenvalue weighted by Gasteiger charge is 2.38. The van der Waals surface area contributed by atoms with Gasteiger partial charge in [0, 0.05) is 6.20 Å². The number of carbonyl (C=O) groups excluding carboxylic acids is 2. The van der Waals surface area contributed by atoms with Crippen LogP contribution in [-0.4, -0.2) is 26.7 Å². The Labute approximate surface area is 125 Å². The van der Waals surface area contributed by atoms with Crippen LogP contribution in [0.4, 0.5) is 0 Å². The van der Waals surface area contributed by atoms with Crippen molar-refractivity contribution in [3.8, 4) is 0 Å². The van der Waals surface area contributed by atoms with Gasteiger partial charge in [0.2, 0.25) is 0 Å². The SMILES string of the molecule is O=C1C(Cl)=C(c2ccncn2)C(=O)N1Cc1ccccc1. The molecule has 21 heavy (non-hydrogen) atoms. The Kier molecular flexibility index (Phi) is 3.50. The number of hydrogen-bond donors (Lipinski definition) is 0. The molecule has 1 aromatic heterocycles. The number of rotatable bonds is 3. The molecule has 0 fully saturated rings. The van der Waals surface area contributed by atoms with Gasteiger partial charge in [-0.25, -0.2) is 9.97 Å². The molecule has 1 aliphatic heterocycles. The smallest absolute Gasteiger partial charge is 0.269 e. The second-order valence-electron chi connectivity index (χ2n) is 4.47. The van der Waals surface area contributed by atoms with Crippen LogP contribution in [0.5, 0.6) is 0 Å². The Morgan fingerprint density at radius 2 is 1.81 bits per heavy atom. The van der Waals surface area contributed by atoms with Crippen molar-refractivity contribution >= 4 is 29.0 Å². The summed E-state index contributed by atoms with van der Waals surface area (Å²) >= 11 is 6.03. The molecule has 2 heterocycles. The van der Waals surface area contributed by atoms with E-state index in [1.807, 2.05) is 30.3 Å². The Morgan fingerprint density at radius 1 is 1.05 bits per heavy atom. The molecule has 2 amide bonds. The lowest BCUT2D eigenvalue weighted by Gasteiger charge is -2.14. The number of hydrogen-bond acceptors (Lipinski definition) is 4. The van der Waals surface area contributed by atoms with Gasteiger partial charge in [0.1, 0.15) is 11.4 Å². The third-order valence-corrected chi connectivity index (χ3v) is 3.48. The summed E-state index contributed by atoms with van der Waals surface area (Å²) in [5.41, 5.74) is 1.33. The quantitative estimate of drug-likeness (QED) is 0.813. The van der Waals surface area contributed by atoms with E-state index in [4.69, 9.17) is 11.6 Å². The Bertz CT molecular complexity index is 729. The molecule has 0 unspecified atom stereocenters. The van der Waals surface area contributed by atoms with Crippen LogP contribution in [0.3, 0.4) is 0 Å². The van der Waals surface area contributed by atoms with Crippen LogP contribution in [0.2, 0.25) is 0 Å². The highest BCUT2D eigenvalue weighted by atomic mass is 35.5. The molecule has 0 saturated heterocycles. The highest BCUT2D eigenvalue weighted by Crippen LogP contribution is 2.31. The van der Waals surface area contributed by atoms with Gasteiger partial charge in [-0.1, -0.05) is 41.9 Å². The minimum Gasteiger partial charge on any atom is -0.269 e. The van der Waals surface area contributed by atoms with Crippen LogP contribution in [0.15, 0.2) is 54.0 Å². The predicted molar refractivity (Wildman–Crippen MR) is 76.8 cm³/mol. The number of amides is 2. The molecule has 104 valence electrons. The van der Waals surface area contributed by atoms with Crippen molar-refractivity contribution in [3.05, 3.63) is 65.2 Å². The number of carbonyl (C=O) groups is 2. The summed E-state index contributed by atoms with van der Waals surface area (Å²) in [5, 5.41) is -0.102. The molecule has 0 N–H and O–H groups in total. The molecule has 0 radical (unpaired) electrons. The molecule has 0 atom stereocenters. The summed E-state index contributed by atoms with van der Waals surface area (Å²) in [6, 6.07) is 10.8. The topological polar surface area (TPSA) is 63.2 Å². The maximum absolute atomic E-state index is 12.4. The molecule has 5 nitrogen and oxygen atoms in total. The number of imide groups is 1. The summed E-state index contributed by atoms with van der Waals surface area (Å²) in [6.07, 6.45) is 2.81. The van der Waals surface area contributed by atoms with Crippen molar-refractivity contribution in [1.29, 1.82) is 0 Å². The van der Waals surface area contributed by atoms with Gasteiger partial charge in [0.15, 0.2) is 0 Å². The van der Waals surface area contributed by atoms with Crippen LogP contribution in [0, 0.1) is 0 Å². The number of benzene rings is 1. The van der Waals surface area contributed by atoms with Crippen molar-refractivity contribution in [1.82, 2.24) is 14.9 Å². The molecule has 0 spiro atoms. The molecular formula is C15H10ClN3O2. The van der Waals surface area contributed by atoms with Crippen molar-refractivity contribution < 1.29 is 9.59 Å². The zero-order chi connectivity index (χ0) is 14.8. The van der Waals surface area contributed by atoms with E-state index in [0.717, 1.165) is 10.5 Å². The Balaban J connectivity index is 1.92. The predicted octanol–water partition coefficient (Wildman–Crippen LogP) is 2.00. The van der Waals surface area contributed by atoms with Gasteiger partial charge < -0.3 is 0 Å². The third-order valence-electron chi connectivity index (χ3n) is 3.13. The Hall–Kier alpha value is -2.53. The van der Waals surface area contributed by atoms with Crippen LogP contribution in [-0.2, 0) is 16.1 Å². The first-order valence-electron chi connectivity index (χ1n) is 6.25. The van der Waals surface area contributed by atoms with Crippen LogP contribution >= 0.6 is 11.6 Å². The summed E-state index contributed by atoms with van der Waals surface area (Å²) in [4.78, 5) is 33.5. The summed E-state index contributed by atoms with van der Waals surface area (Å²) in [7, 11) is 0. The van der Waals surface area contributed by atoms with Crippen LogP contribution in [0.25, 0.3) is 5.57 Å². The Morgan fingerprint density at radius 3 is 2.48 bits per heavy atom. The molecule has 6 heteroatoms. The average Bonchev–Trinajstić information content (AvgIpc) is 2.73. The van der Waals surface area contributed by atoms with Gasteiger partial charge in [-0.15, -0.1) is 0 Å². The molecule has 1 aromatic carbocycles. The second-order valence-corrected chi connectivity index (χ2v) is 4.84. The summed E-state index contributed by atoms with van der Waals surface area (Å²) in [5.74, 6) is -0.938. The van der Waals surface area contributed by atoms with Gasteiger partial charge in [-0.3, -0.25) is 14.5 Å². The van der Waals surface area contributed by atoms with Gasteiger partial charge in [0.05, 0.1) is 17.8 Å². The van der Waals surface area contributed by atoms with Crippen molar-refractivity contribution in [2.75, 3.05) is 0 Å². The van der Waals surface area contributed by atoms with E-state index in [2.05, 4.69) is 9.97 Å². The lowest BCUT2D eigenvalue weighted by Crippen LogP contribution is -2.30. The minimum atomic E-state index is -0.501. The van der Waals surface area contributed by atoms with E-state index < -0.39 is 11.8 Å². The fraction of sp³-hybridized carbons (Fsp3) is 0.0667. The summed E-state index contributed by atoms with van der Waals surface area (Å²) in [6.45, 7) is 0.184. The fourth-order valence-corrected chi connectivity index (χ4v) is 2.40. The number of nitrogens with zero attached hydrogens (tertiary/aromatic N) is 3. The van der Waals surface area contributed by atoms with Gasteiger partial charge in [-0.05, 0) is 11.6 Å². The largest absolute Gasteiger partial charge is 0.273 e. The van der Waals surface area contributed by atoms with E-state index in [-0.39, 0.29) is 17.2 Å². The highest BCUT2D eigenvalue weighted by molar-refractivity contribution is 6.54. The normalized spacial score (nSPS) is 15.0. The van der Waals surface area contributed by atoms with Gasteiger partial charge in [-0.2, -0.15) is 0 Å². The zero-order valence-corrected chi connectivity index (χ0v) is 11.6. The monoisotopic (exact) mass is 299 g/mol. The lowest BCUT2D eigenvalue weighted by molar-refractivity contribution is -0.137. The lowest BCUT2D eigenvalue weighted by atomic mass is 10.2. The molecule has 1 aliphatic rings. The van der Waals surface area contributed by atoms with E-state index in [1.165, 1.54) is 12.5 Å². The molecule has 0 saturated carbocycles. The van der Waals surface area contributed by atoms with E-state index >= 15 is 0 Å². The third kappa shape index (κ3) is 2.43. The maximum Gasteiger partial charge on any atom is 0.273 e. The average molecular weight is 300 g/mol. The van der Waals surface area contributed by atoms with Crippen molar-refractivity contribution in [2.45, 2.75) is 6.54 Å². The maximum atomic E-state index is 12.4.